The van der Waals surface area contributed by atoms with Gasteiger partial charge >= 0.3 is 11.9 Å². The molecule has 5 fully saturated rings. The van der Waals surface area contributed by atoms with Crippen molar-refractivity contribution in [2.45, 2.75) is 139 Å². The number of fused-ring (bicyclic) bond motifs is 7. The van der Waals surface area contributed by atoms with Gasteiger partial charge in [0.15, 0.2) is 5.78 Å². The highest BCUT2D eigenvalue weighted by Gasteiger charge is 2.71. The lowest BCUT2D eigenvalue weighted by Crippen LogP contribution is -2.66. The maximum Gasteiger partial charge on any atom is 0.309 e. The fourth-order valence-corrected chi connectivity index (χ4v) is 14.7. The molecule has 1 aromatic rings. The van der Waals surface area contributed by atoms with Crippen molar-refractivity contribution in [1.82, 2.24) is 5.32 Å². The van der Waals surface area contributed by atoms with Gasteiger partial charge < -0.3 is 25.0 Å². The van der Waals surface area contributed by atoms with Crippen LogP contribution in [-0.4, -0.2) is 59.7 Å². The second-order valence-corrected chi connectivity index (χ2v) is 21.6. The third-order valence-electron chi connectivity index (χ3n) is 18.0. The van der Waals surface area contributed by atoms with Crippen LogP contribution >= 0.6 is 11.6 Å². The highest BCUT2D eigenvalue weighted by Crippen LogP contribution is 2.77. The number of hydrogen-bond donors (Lipinski definition) is 3. The van der Waals surface area contributed by atoms with Crippen molar-refractivity contribution in [1.29, 1.82) is 0 Å². The lowest BCUT2D eigenvalue weighted by Gasteiger charge is -2.72. The molecule has 0 bridgehead atoms. The van der Waals surface area contributed by atoms with Gasteiger partial charge in [0.2, 0.25) is 0 Å². The molecule has 0 unspecified atom stereocenters. The molecule has 6 aliphatic carbocycles. The third kappa shape index (κ3) is 6.07. The number of carbonyl (C=O) groups is 4. The van der Waals surface area contributed by atoms with E-state index in [0.717, 1.165) is 56.1 Å². The SMILES string of the molecule is COc1cc(Cl)ccc1C(=O)NC[C@H](O)[C@@]12CC[C@]3(C)[C@H](CC[C@@H]4[C@@]5(C)CC[C@H](OC(=O)[C@H]6C[C@@H](C(=O)O)C6(C)C)C(C)(C)[C@@H]5CC[C@]43C)C1=C(C(C)C)C(=O)C2. The Bertz CT molecular complexity index is 1880. The number of carbonyl (C=O) groups excluding carboxylic acids is 3. The van der Waals surface area contributed by atoms with Crippen LogP contribution in [0.25, 0.3) is 0 Å². The molecule has 9 nitrogen and oxygen atoms in total. The van der Waals surface area contributed by atoms with Crippen LogP contribution in [0.5, 0.6) is 5.75 Å². The van der Waals surface area contributed by atoms with E-state index in [1.807, 2.05) is 13.8 Å². The summed E-state index contributed by atoms with van der Waals surface area (Å²) in [5.74, 6) is -0.931. The number of halogens is 1. The molecule has 0 aliphatic heterocycles. The van der Waals surface area contributed by atoms with Gasteiger partial charge in [-0.1, -0.05) is 79.5 Å². The summed E-state index contributed by atoms with van der Waals surface area (Å²) in [5.41, 5.74) is 0.700. The predicted octanol–water partition coefficient (Wildman–Crippen LogP) is 9.08. The minimum absolute atomic E-state index is 0.0141. The van der Waals surface area contributed by atoms with E-state index in [1.165, 1.54) is 7.11 Å². The number of nitrogens with one attached hydrogen (secondary N) is 1. The van der Waals surface area contributed by atoms with Gasteiger partial charge in [-0.15, -0.1) is 0 Å². The van der Waals surface area contributed by atoms with E-state index in [2.05, 4.69) is 53.8 Å². The van der Waals surface area contributed by atoms with Crippen LogP contribution in [0.3, 0.4) is 0 Å². The van der Waals surface area contributed by atoms with Gasteiger partial charge in [-0.3, -0.25) is 19.2 Å². The minimum Gasteiger partial charge on any atom is -0.496 e. The molecule has 0 saturated heterocycles. The minimum atomic E-state index is -0.933. The van der Waals surface area contributed by atoms with E-state index < -0.39 is 34.7 Å². The number of methoxy groups -OCH3 is 1. The molecule has 6 aliphatic rings. The Kier molecular flexibility index (Phi) is 10.4. The van der Waals surface area contributed by atoms with E-state index in [1.54, 1.807) is 18.2 Å². The zero-order chi connectivity index (χ0) is 41.8. The molecule has 0 heterocycles. The summed E-state index contributed by atoms with van der Waals surface area (Å²) >= 11 is 6.15. The average Bonchev–Trinajstić information content (AvgIpc) is 3.44. The van der Waals surface area contributed by atoms with Gasteiger partial charge in [0.25, 0.3) is 5.91 Å². The van der Waals surface area contributed by atoms with Crippen molar-refractivity contribution in [2.24, 2.45) is 68.0 Å². The molecule has 0 radical (unpaired) electrons. The number of ether oxygens (including phenoxy) is 2. The number of aliphatic carboxylic acids is 1. The Hall–Kier alpha value is -2.91. The number of Topliss-reactive ketones (excluding diaryl/α,β-unsaturated/α-hetero) is 1. The number of esters is 1. The van der Waals surface area contributed by atoms with Crippen LogP contribution in [0.4, 0.5) is 0 Å². The molecule has 5 saturated carbocycles. The quantitative estimate of drug-likeness (QED) is 0.210. The van der Waals surface area contributed by atoms with Crippen LogP contribution in [-0.2, 0) is 19.1 Å². The highest BCUT2D eigenvalue weighted by molar-refractivity contribution is 6.30. The van der Waals surface area contributed by atoms with E-state index in [4.69, 9.17) is 21.1 Å². The van der Waals surface area contributed by atoms with Crippen molar-refractivity contribution < 1.29 is 38.9 Å². The van der Waals surface area contributed by atoms with Crippen LogP contribution in [0.2, 0.25) is 5.02 Å². The molecule has 11 atom stereocenters. The van der Waals surface area contributed by atoms with E-state index in [0.29, 0.717) is 41.0 Å². The number of carboxylic acids is 1. The molecule has 0 aromatic heterocycles. The molecule has 0 spiro atoms. The second kappa shape index (κ2) is 14.1. The maximum absolute atomic E-state index is 14.1. The van der Waals surface area contributed by atoms with Crippen molar-refractivity contribution in [3.8, 4) is 5.75 Å². The fourth-order valence-electron chi connectivity index (χ4n) is 14.6. The van der Waals surface area contributed by atoms with Gasteiger partial charge in [0, 0.05) is 28.8 Å². The van der Waals surface area contributed by atoms with Gasteiger partial charge in [0.05, 0.1) is 30.6 Å². The predicted molar refractivity (Wildman–Crippen MR) is 219 cm³/mol. The Morgan fingerprint density at radius 2 is 1.60 bits per heavy atom. The van der Waals surface area contributed by atoms with Crippen molar-refractivity contribution in [2.75, 3.05) is 13.7 Å². The van der Waals surface area contributed by atoms with Crippen molar-refractivity contribution in [3.05, 3.63) is 39.9 Å². The number of aliphatic hydroxyl groups excluding tert-OH is 1. The summed E-state index contributed by atoms with van der Waals surface area (Å²) in [6, 6.07) is 4.86. The van der Waals surface area contributed by atoms with Crippen molar-refractivity contribution >= 4 is 35.2 Å². The molecule has 7 rings (SSSR count). The first-order valence-electron chi connectivity index (χ1n) is 21.5. The van der Waals surface area contributed by atoms with Crippen LogP contribution in [0.15, 0.2) is 29.3 Å². The summed E-state index contributed by atoms with van der Waals surface area (Å²) in [4.78, 5) is 53.0. The summed E-state index contributed by atoms with van der Waals surface area (Å²) in [6.07, 6.45) is 6.81. The molecular weight excluding hydrogens is 742 g/mol. The van der Waals surface area contributed by atoms with Gasteiger partial charge in [0.1, 0.15) is 11.9 Å². The highest BCUT2D eigenvalue weighted by atomic mass is 35.5. The molecule has 10 heteroatoms. The van der Waals surface area contributed by atoms with E-state index in [-0.39, 0.29) is 70.2 Å². The van der Waals surface area contributed by atoms with Gasteiger partial charge in [-0.05, 0) is 127 Å². The number of hydrogen-bond acceptors (Lipinski definition) is 7. The molecule has 1 amide bonds. The number of ketones is 1. The smallest absolute Gasteiger partial charge is 0.309 e. The third-order valence-corrected chi connectivity index (χ3v) is 18.3. The Labute approximate surface area is 344 Å². The number of rotatable bonds is 9. The summed E-state index contributed by atoms with van der Waals surface area (Å²) in [5, 5.41) is 25.3. The number of aliphatic hydroxyl groups is 1. The van der Waals surface area contributed by atoms with Crippen LogP contribution in [0, 0.1) is 68.0 Å². The fraction of sp³-hybridized carbons (Fsp3) is 0.745. The summed E-state index contributed by atoms with van der Waals surface area (Å²) < 4.78 is 11.8. The average molecular weight is 808 g/mol. The van der Waals surface area contributed by atoms with Gasteiger partial charge in [-0.25, -0.2) is 0 Å². The summed E-state index contributed by atoms with van der Waals surface area (Å²) in [6.45, 7) is 20.1. The zero-order valence-corrected chi connectivity index (χ0v) is 36.6. The van der Waals surface area contributed by atoms with Crippen LogP contribution in [0.1, 0.15) is 137 Å². The first-order chi connectivity index (χ1) is 26.5. The van der Waals surface area contributed by atoms with Gasteiger partial charge in [-0.2, -0.15) is 0 Å². The zero-order valence-electron chi connectivity index (χ0n) is 35.9. The Balaban J connectivity index is 1.13. The lowest BCUT2D eigenvalue weighted by molar-refractivity contribution is -0.238. The standard InChI is InChI=1S/C47H66ClNO8/c1-25(2)37-31(50)23-47(35(51)24-49-39(52)27-12-11-26(48)21-32(27)56-10)20-19-45(8)28(38(37)47)13-14-34-44(7)17-16-36(43(5,6)33(44)15-18-46(34,45)9)57-41(55)30-22-29(40(53)54)42(30,3)4/h11-12,21,25,28-30,33-36,51H,13-20,22-24H2,1-10H3,(H,49,52)(H,53,54)/t28-,29+,30-,33+,34-,35+,36+,44+,45-,46-,47+/m1/s1. The largest absolute Gasteiger partial charge is 0.496 e. The Morgan fingerprint density at radius 3 is 2.23 bits per heavy atom. The lowest BCUT2D eigenvalue weighted by atomic mass is 9.33. The number of carboxylic acid groups (broad SMARTS) is 1. The number of allylic oxidation sites excluding steroid dienone is 1. The normalized spacial score (nSPS) is 39.5. The monoisotopic (exact) mass is 807 g/mol. The van der Waals surface area contributed by atoms with E-state index >= 15 is 0 Å². The second-order valence-electron chi connectivity index (χ2n) is 21.2. The summed E-state index contributed by atoms with van der Waals surface area (Å²) in [7, 11) is 1.49. The number of benzene rings is 1. The molecule has 57 heavy (non-hydrogen) atoms. The first kappa shape index (κ1) is 42.2. The van der Waals surface area contributed by atoms with E-state index in [9.17, 15) is 29.4 Å². The first-order valence-corrected chi connectivity index (χ1v) is 21.9. The molecule has 314 valence electrons. The number of amides is 1. The maximum atomic E-state index is 14.1. The molecule has 3 N–H and O–H groups in total. The topological polar surface area (TPSA) is 139 Å². The molecule has 1 aromatic carbocycles. The van der Waals surface area contributed by atoms with Crippen molar-refractivity contribution in [3.63, 3.8) is 0 Å². The Morgan fingerprint density at radius 1 is 0.895 bits per heavy atom. The molecular formula is C47H66ClNO8. The van der Waals surface area contributed by atoms with Crippen LogP contribution < -0.4 is 10.1 Å².